The third kappa shape index (κ3) is 6.15. The van der Waals surface area contributed by atoms with Crippen LogP contribution in [0.15, 0.2) is 59.5 Å². The van der Waals surface area contributed by atoms with Gasteiger partial charge in [-0.2, -0.15) is 0 Å². The first kappa shape index (κ1) is 32.1. The number of fused-ring (bicyclic) bond motifs is 4. The number of ether oxygens (including phenoxy) is 2. The zero-order chi connectivity index (χ0) is 31.0. The van der Waals surface area contributed by atoms with Gasteiger partial charge in [0.05, 0.1) is 6.54 Å². The molecule has 238 valence electrons. The van der Waals surface area contributed by atoms with E-state index in [1.165, 1.54) is 16.8 Å². The second-order valence-corrected chi connectivity index (χ2v) is 11.0. The summed E-state index contributed by atoms with van der Waals surface area (Å²) in [6.45, 7) is 0.632. The average molecular weight is 644 g/mol. The third-order valence-corrected chi connectivity index (χ3v) is 8.40. The molecule has 4 heterocycles. The van der Waals surface area contributed by atoms with E-state index in [0.29, 0.717) is 18.2 Å². The molecule has 3 aliphatic rings. The summed E-state index contributed by atoms with van der Waals surface area (Å²) >= 11 is 0. The Hall–Kier alpha value is -4.33. The fraction of sp³-hybridized carbons (Fsp3) is 0.355. The molecule has 2 aromatic carbocycles. The van der Waals surface area contributed by atoms with Gasteiger partial charge in [0, 0.05) is 43.5 Å². The molecule has 2 saturated heterocycles. The van der Waals surface area contributed by atoms with Crippen molar-refractivity contribution in [2.24, 2.45) is 0 Å². The number of hydrogen-bond acceptors (Lipinski definition) is 8. The van der Waals surface area contributed by atoms with E-state index >= 15 is 0 Å². The molecule has 11 nitrogen and oxygen atoms in total. The Morgan fingerprint density at radius 1 is 1.09 bits per heavy atom. The van der Waals surface area contributed by atoms with Gasteiger partial charge in [0.1, 0.15) is 29.4 Å². The highest BCUT2D eigenvalue weighted by atomic mass is 35.5. The highest BCUT2D eigenvalue weighted by Crippen LogP contribution is 2.35. The molecule has 0 aliphatic carbocycles. The van der Waals surface area contributed by atoms with Crippen molar-refractivity contribution in [2.45, 2.75) is 44.2 Å². The molecule has 0 radical (unpaired) electrons. The van der Waals surface area contributed by atoms with Crippen molar-refractivity contribution in [1.82, 2.24) is 25.0 Å². The van der Waals surface area contributed by atoms with Gasteiger partial charge in [0.15, 0.2) is 5.69 Å². The number of pyridine rings is 1. The van der Waals surface area contributed by atoms with Gasteiger partial charge in [-0.3, -0.25) is 19.3 Å². The standard InChI is InChI=1S/C31H31F2N5O6.ClH/c1-34-25(18-6-3-2-4-7-18)31(42)44-17-43-28-26-30(41)38-14-21-8-5-11-37(21)24(38)16-36(26)15-22(27(28)39)29(40)35-13-19-9-10-20(32)12-23(19)33;/h2-4,6-7,9-10,12,15,21,24-25,34H,5,8,11,13-14,16-17H2,1H3,(H,35,40);1H/t21-,24+,25+;/m1./s1. The predicted octanol–water partition coefficient (Wildman–Crippen LogP) is 2.58. The number of carbonyl (C=O) groups is 3. The molecule has 2 N–H and O–H groups in total. The number of carbonyl (C=O) groups excluding carboxylic acids is 3. The van der Waals surface area contributed by atoms with Crippen LogP contribution in [0.5, 0.6) is 5.75 Å². The summed E-state index contributed by atoms with van der Waals surface area (Å²) < 4.78 is 40.0. The Kier molecular flexibility index (Phi) is 9.51. The minimum atomic E-state index is -0.885. The molecule has 6 rings (SSSR count). The summed E-state index contributed by atoms with van der Waals surface area (Å²) in [4.78, 5) is 57.5. The number of hydrogen-bond donors (Lipinski definition) is 2. The summed E-state index contributed by atoms with van der Waals surface area (Å²) in [5.41, 5.74) is -0.589. The summed E-state index contributed by atoms with van der Waals surface area (Å²) in [5.74, 6) is -3.96. The Labute approximate surface area is 263 Å². The van der Waals surface area contributed by atoms with Gasteiger partial charge in [0.25, 0.3) is 11.8 Å². The highest BCUT2D eigenvalue weighted by molar-refractivity contribution is 5.99. The summed E-state index contributed by atoms with van der Waals surface area (Å²) in [6.07, 6.45) is 3.03. The number of aromatic nitrogens is 1. The number of nitrogens with zero attached hydrogens (tertiary/aromatic N) is 3. The number of likely N-dealkylation sites (N-methyl/N-ethyl adjacent to an activating group) is 1. The van der Waals surface area contributed by atoms with Crippen molar-refractivity contribution in [3.63, 3.8) is 0 Å². The molecule has 0 saturated carbocycles. The molecule has 2 fully saturated rings. The molecule has 3 aliphatic heterocycles. The van der Waals surface area contributed by atoms with Crippen LogP contribution in [-0.4, -0.2) is 71.3 Å². The van der Waals surface area contributed by atoms with Crippen LogP contribution < -0.4 is 20.8 Å². The molecule has 3 atom stereocenters. The van der Waals surface area contributed by atoms with Crippen molar-refractivity contribution in [2.75, 3.05) is 26.9 Å². The van der Waals surface area contributed by atoms with E-state index in [2.05, 4.69) is 15.5 Å². The van der Waals surface area contributed by atoms with Gasteiger partial charge >= 0.3 is 5.97 Å². The number of halogens is 3. The van der Waals surface area contributed by atoms with Gasteiger partial charge in [0.2, 0.25) is 18.0 Å². The predicted molar refractivity (Wildman–Crippen MR) is 160 cm³/mol. The third-order valence-electron chi connectivity index (χ3n) is 8.40. The molecule has 0 bridgehead atoms. The fourth-order valence-electron chi connectivity index (χ4n) is 6.24. The molecule has 0 spiro atoms. The Morgan fingerprint density at radius 2 is 1.87 bits per heavy atom. The molecular weight excluding hydrogens is 612 g/mol. The first-order valence-electron chi connectivity index (χ1n) is 14.3. The van der Waals surface area contributed by atoms with Crippen molar-refractivity contribution in [3.05, 3.63) is 99.0 Å². The smallest absolute Gasteiger partial charge is 0.330 e. The van der Waals surface area contributed by atoms with Gasteiger partial charge in [-0.25, -0.2) is 13.6 Å². The summed E-state index contributed by atoms with van der Waals surface area (Å²) in [5, 5.41) is 5.37. The monoisotopic (exact) mass is 643 g/mol. The molecule has 0 unspecified atom stereocenters. The van der Waals surface area contributed by atoms with E-state index in [0.717, 1.165) is 25.5 Å². The Balaban J connectivity index is 0.00000400. The highest BCUT2D eigenvalue weighted by Gasteiger charge is 2.48. The van der Waals surface area contributed by atoms with Crippen LogP contribution in [0.1, 0.15) is 50.9 Å². The van der Waals surface area contributed by atoms with Crippen LogP contribution in [-0.2, 0) is 22.6 Å². The molecule has 14 heteroatoms. The summed E-state index contributed by atoms with van der Waals surface area (Å²) in [7, 11) is 1.60. The molecular formula is C31H32ClF2N5O6. The van der Waals surface area contributed by atoms with Crippen molar-refractivity contribution in [1.29, 1.82) is 0 Å². The number of esters is 1. The fourth-order valence-corrected chi connectivity index (χ4v) is 6.24. The zero-order valence-corrected chi connectivity index (χ0v) is 25.1. The van der Waals surface area contributed by atoms with E-state index in [9.17, 15) is 28.0 Å². The summed E-state index contributed by atoms with van der Waals surface area (Å²) in [6, 6.07) is 11.2. The van der Waals surface area contributed by atoms with E-state index in [4.69, 9.17) is 9.47 Å². The van der Waals surface area contributed by atoms with E-state index < -0.39 is 53.4 Å². The number of amides is 2. The number of rotatable bonds is 9. The average Bonchev–Trinajstić information content (AvgIpc) is 3.61. The largest absolute Gasteiger partial charge is 0.451 e. The van der Waals surface area contributed by atoms with Crippen molar-refractivity contribution < 1.29 is 32.6 Å². The second kappa shape index (κ2) is 13.3. The Bertz CT molecular complexity index is 1670. The van der Waals surface area contributed by atoms with Gasteiger partial charge < -0.3 is 29.6 Å². The lowest BCUT2D eigenvalue weighted by atomic mass is 10.1. The maximum atomic E-state index is 14.2. The maximum absolute atomic E-state index is 14.2. The molecule has 1 aromatic heterocycles. The molecule has 45 heavy (non-hydrogen) atoms. The van der Waals surface area contributed by atoms with Crippen LogP contribution in [0.3, 0.4) is 0 Å². The topological polar surface area (TPSA) is 122 Å². The lowest BCUT2D eigenvalue weighted by Gasteiger charge is -2.36. The van der Waals surface area contributed by atoms with Gasteiger partial charge in [-0.15, -0.1) is 12.4 Å². The minimum Gasteiger partial charge on any atom is -0.451 e. The number of benzene rings is 2. The van der Waals surface area contributed by atoms with E-state index in [1.54, 1.807) is 36.2 Å². The van der Waals surface area contributed by atoms with Gasteiger partial charge in [-0.05, 0) is 31.5 Å². The van der Waals surface area contributed by atoms with Crippen LogP contribution in [0.2, 0.25) is 0 Å². The van der Waals surface area contributed by atoms with Crippen LogP contribution in [0, 0.1) is 11.6 Å². The lowest BCUT2D eigenvalue weighted by molar-refractivity contribution is -0.152. The minimum absolute atomic E-state index is 0. The first-order valence-corrected chi connectivity index (χ1v) is 14.3. The second-order valence-electron chi connectivity index (χ2n) is 11.0. The van der Waals surface area contributed by atoms with Crippen LogP contribution in [0.4, 0.5) is 8.78 Å². The van der Waals surface area contributed by atoms with E-state index in [1.807, 2.05) is 6.07 Å². The SMILES string of the molecule is CN[C@H](C(=O)OCOc1c2n(cc(C(=O)NCc3ccc(F)cc3F)c1=O)C[C@@H]1N(C[C@H]3CCCN31)C2=O)c1ccccc1.Cl. The van der Waals surface area contributed by atoms with Crippen molar-refractivity contribution in [3.8, 4) is 5.75 Å². The zero-order valence-electron chi connectivity index (χ0n) is 24.3. The van der Waals surface area contributed by atoms with E-state index in [-0.39, 0.29) is 54.5 Å². The van der Waals surface area contributed by atoms with Gasteiger partial charge in [-0.1, -0.05) is 36.4 Å². The Morgan fingerprint density at radius 3 is 2.60 bits per heavy atom. The van der Waals surface area contributed by atoms with Crippen LogP contribution >= 0.6 is 12.4 Å². The lowest BCUT2D eigenvalue weighted by Crippen LogP contribution is -2.50. The quantitative estimate of drug-likeness (QED) is 0.270. The maximum Gasteiger partial charge on any atom is 0.330 e. The van der Waals surface area contributed by atoms with Crippen molar-refractivity contribution >= 4 is 30.2 Å². The molecule has 3 aromatic rings. The molecule has 2 amide bonds. The van der Waals surface area contributed by atoms with Crippen LogP contribution in [0.25, 0.3) is 0 Å². The number of nitrogens with one attached hydrogen (secondary N) is 2. The normalized spacial score (nSPS) is 19.2. The first-order chi connectivity index (χ1) is 21.3.